The number of carbonyl (C=O) groups is 3. The van der Waals surface area contributed by atoms with Gasteiger partial charge in [-0.2, -0.15) is 0 Å². The molecule has 0 bridgehead atoms. The first-order valence-electron chi connectivity index (χ1n) is 13.1. The van der Waals surface area contributed by atoms with Gasteiger partial charge in [-0.1, -0.05) is 69.4 Å². The number of ether oxygens (including phenoxy) is 1. The van der Waals surface area contributed by atoms with Crippen molar-refractivity contribution in [2.45, 2.75) is 111 Å². The maximum atomic E-state index is 13.9. The van der Waals surface area contributed by atoms with E-state index in [-0.39, 0.29) is 23.8 Å². The lowest BCUT2D eigenvalue weighted by atomic mass is 9.93. The van der Waals surface area contributed by atoms with Gasteiger partial charge >= 0.3 is 6.09 Å². The quantitative estimate of drug-likeness (QED) is 0.496. The molecule has 1 aliphatic rings. The number of nitrogens with one attached hydrogen (secondary N) is 2. The lowest BCUT2D eigenvalue weighted by molar-refractivity contribution is -0.143. The molecule has 3 amide bonds. The van der Waals surface area contributed by atoms with Gasteiger partial charge in [0.05, 0.1) is 0 Å². The smallest absolute Gasteiger partial charge is 0.408 e. The topological polar surface area (TPSA) is 87.7 Å². The number of alkyl carbamates (subject to hydrolysis) is 1. The Morgan fingerprint density at radius 3 is 2.17 bits per heavy atom. The molecule has 7 nitrogen and oxygen atoms in total. The monoisotopic (exact) mass is 487 g/mol. The van der Waals surface area contributed by atoms with Crippen molar-refractivity contribution in [1.29, 1.82) is 0 Å². The largest absolute Gasteiger partial charge is 0.444 e. The Labute approximate surface area is 211 Å². The van der Waals surface area contributed by atoms with Gasteiger partial charge in [0.15, 0.2) is 0 Å². The second-order valence-corrected chi connectivity index (χ2v) is 10.8. The molecule has 2 N–H and O–H groups in total. The molecule has 1 aromatic rings. The van der Waals surface area contributed by atoms with Crippen molar-refractivity contribution in [3.8, 4) is 0 Å². The number of amides is 3. The number of rotatable bonds is 9. The summed E-state index contributed by atoms with van der Waals surface area (Å²) in [5, 5.41) is 6.00. The second kappa shape index (κ2) is 12.9. The van der Waals surface area contributed by atoms with E-state index in [0.29, 0.717) is 13.0 Å². The van der Waals surface area contributed by atoms with E-state index in [1.165, 1.54) is 6.42 Å². The van der Waals surface area contributed by atoms with Crippen LogP contribution in [0.3, 0.4) is 0 Å². The molecule has 1 saturated carbocycles. The molecule has 0 radical (unpaired) electrons. The van der Waals surface area contributed by atoms with E-state index < -0.39 is 23.8 Å². The van der Waals surface area contributed by atoms with Crippen LogP contribution in [0, 0.1) is 12.8 Å². The van der Waals surface area contributed by atoms with Gasteiger partial charge < -0.3 is 20.3 Å². The highest BCUT2D eigenvalue weighted by Crippen LogP contribution is 2.26. The molecule has 0 spiro atoms. The Balaban J connectivity index is 2.37. The maximum absolute atomic E-state index is 13.9. The van der Waals surface area contributed by atoms with Gasteiger partial charge in [0.2, 0.25) is 11.8 Å². The molecule has 35 heavy (non-hydrogen) atoms. The molecule has 7 heteroatoms. The van der Waals surface area contributed by atoms with E-state index in [1.807, 2.05) is 52.0 Å². The molecule has 0 saturated heterocycles. The number of likely N-dealkylation sites (N-methyl/N-ethyl adjacent to an activating group) is 1. The van der Waals surface area contributed by atoms with E-state index in [1.54, 1.807) is 25.7 Å². The van der Waals surface area contributed by atoms with E-state index in [9.17, 15) is 14.4 Å². The van der Waals surface area contributed by atoms with E-state index >= 15 is 0 Å². The minimum Gasteiger partial charge on any atom is -0.444 e. The Kier molecular flexibility index (Phi) is 10.6. The third-order valence-electron chi connectivity index (χ3n) is 6.68. The molecule has 1 aromatic carbocycles. The van der Waals surface area contributed by atoms with E-state index in [2.05, 4.69) is 10.6 Å². The summed E-state index contributed by atoms with van der Waals surface area (Å²) in [5.74, 6) is -0.586. The standard InChI is InChI=1S/C28H45N3O4/c1-8-20(4)23(30-27(34)35-28(5,6)7)26(33)31(9-2)24(21-17-15-19(3)16-18-21)25(32)29-22-13-11-10-12-14-22/h15-18,20,22-24H,8-14H2,1-7H3,(H,29,32)(H,30,34). The Morgan fingerprint density at radius 1 is 1.06 bits per heavy atom. The molecular formula is C28H45N3O4. The molecule has 3 atom stereocenters. The van der Waals surface area contributed by atoms with Crippen LogP contribution in [-0.4, -0.2) is 47.0 Å². The number of hydrogen-bond acceptors (Lipinski definition) is 4. The summed E-state index contributed by atoms with van der Waals surface area (Å²) in [6.45, 7) is 13.5. The van der Waals surface area contributed by atoms with Crippen LogP contribution < -0.4 is 10.6 Å². The zero-order valence-corrected chi connectivity index (χ0v) is 22.6. The molecule has 1 fully saturated rings. The van der Waals surface area contributed by atoms with Crippen LogP contribution in [0.15, 0.2) is 24.3 Å². The molecule has 1 aliphatic carbocycles. The van der Waals surface area contributed by atoms with Crippen LogP contribution in [0.5, 0.6) is 0 Å². The van der Waals surface area contributed by atoms with Gasteiger partial charge in [0.25, 0.3) is 0 Å². The minimum absolute atomic E-state index is 0.128. The first-order chi connectivity index (χ1) is 16.5. The molecular weight excluding hydrogens is 442 g/mol. The summed E-state index contributed by atoms with van der Waals surface area (Å²) in [4.78, 5) is 41.8. The molecule has 0 heterocycles. The fourth-order valence-electron chi connectivity index (χ4n) is 4.51. The predicted molar refractivity (Wildman–Crippen MR) is 139 cm³/mol. The van der Waals surface area contributed by atoms with Crippen molar-refractivity contribution in [2.24, 2.45) is 5.92 Å². The molecule has 0 aromatic heterocycles. The van der Waals surface area contributed by atoms with Gasteiger partial charge in [0.1, 0.15) is 17.7 Å². The van der Waals surface area contributed by atoms with Crippen LogP contribution in [0.2, 0.25) is 0 Å². The normalized spacial score (nSPS) is 17.1. The van der Waals surface area contributed by atoms with E-state index in [0.717, 1.165) is 36.8 Å². The highest BCUT2D eigenvalue weighted by atomic mass is 16.6. The van der Waals surface area contributed by atoms with Crippen LogP contribution in [0.25, 0.3) is 0 Å². The highest BCUT2D eigenvalue weighted by Gasteiger charge is 2.38. The van der Waals surface area contributed by atoms with Crippen molar-refractivity contribution in [2.75, 3.05) is 6.54 Å². The Hall–Kier alpha value is -2.57. The average molecular weight is 488 g/mol. The number of benzene rings is 1. The zero-order chi connectivity index (χ0) is 26.2. The second-order valence-electron chi connectivity index (χ2n) is 10.8. The Bertz CT molecular complexity index is 841. The third kappa shape index (κ3) is 8.55. The minimum atomic E-state index is -0.801. The number of aryl methyl sites for hydroxylation is 1. The van der Waals surface area contributed by atoms with Crippen LogP contribution in [0.4, 0.5) is 4.79 Å². The first-order valence-corrected chi connectivity index (χ1v) is 13.1. The number of carbonyl (C=O) groups excluding carboxylic acids is 3. The van der Waals surface area contributed by atoms with Crippen molar-refractivity contribution in [3.63, 3.8) is 0 Å². The van der Waals surface area contributed by atoms with Gasteiger partial charge in [-0.05, 0) is 58.9 Å². The first kappa shape index (κ1) is 28.7. The van der Waals surface area contributed by atoms with Gasteiger partial charge in [-0.3, -0.25) is 9.59 Å². The average Bonchev–Trinajstić information content (AvgIpc) is 2.80. The molecule has 196 valence electrons. The third-order valence-corrected chi connectivity index (χ3v) is 6.68. The highest BCUT2D eigenvalue weighted by molar-refractivity contribution is 5.92. The van der Waals surface area contributed by atoms with Gasteiger partial charge in [-0.25, -0.2) is 4.79 Å². The van der Waals surface area contributed by atoms with Crippen molar-refractivity contribution >= 4 is 17.9 Å². The van der Waals surface area contributed by atoms with Gasteiger partial charge in [0, 0.05) is 12.6 Å². The van der Waals surface area contributed by atoms with Crippen LogP contribution in [0.1, 0.15) is 97.2 Å². The zero-order valence-electron chi connectivity index (χ0n) is 22.6. The predicted octanol–water partition coefficient (Wildman–Crippen LogP) is 5.27. The van der Waals surface area contributed by atoms with Crippen molar-refractivity contribution < 1.29 is 19.1 Å². The number of nitrogens with zero attached hydrogens (tertiary/aromatic N) is 1. The fraction of sp³-hybridized carbons (Fsp3) is 0.679. The molecule has 2 rings (SSSR count). The Morgan fingerprint density at radius 2 is 1.66 bits per heavy atom. The van der Waals surface area contributed by atoms with Gasteiger partial charge in [-0.15, -0.1) is 0 Å². The van der Waals surface area contributed by atoms with E-state index in [4.69, 9.17) is 4.74 Å². The summed E-state index contributed by atoms with van der Waals surface area (Å²) in [7, 11) is 0. The lowest BCUT2D eigenvalue weighted by Crippen LogP contribution is -2.55. The van der Waals surface area contributed by atoms with Crippen LogP contribution in [-0.2, 0) is 14.3 Å². The fourth-order valence-corrected chi connectivity index (χ4v) is 4.51. The number of hydrogen-bond donors (Lipinski definition) is 2. The summed E-state index contributed by atoms with van der Waals surface area (Å²) >= 11 is 0. The molecule has 0 aliphatic heterocycles. The van der Waals surface area contributed by atoms with Crippen molar-refractivity contribution in [1.82, 2.24) is 15.5 Å². The summed E-state index contributed by atoms with van der Waals surface area (Å²) in [5.41, 5.74) is 1.17. The van der Waals surface area contributed by atoms with Crippen molar-refractivity contribution in [3.05, 3.63) is 35.4 Å². The lowest BCUT2D eigenvalue weighted by Gasteiger charge is -2.36. The summed E-state index contributed by atoms with van der Waals surface area (Å²) in [6.07, 6.45) is 5.38. The van der Waals surface area contributed by atoms with Crippen LogP contribution >= 0.6 is 0 Å². The summed E-state index contributed by atoms with van der Waals surface area (Å²) < 4.78 is 5.43. The summed E-state index contributed by atoms with van der Waals surface area (Å²) in [6, 6.07) is 6.29. The SMILES string of the molecule is CCC(C)C(NC(=O)OC(C)(C)C)C(=O)N(CC)C(C(=O)NC1CCCCC1)c1ccc(C)cc1. The maximum Gasteiger partial charge on any atom is 0.408 e. The molecule has 3 unspecified atom stereocenters.